The first-order valence-electron chi connectivity index (χ1n) is 8.05. The fraction of sp³-hybridized carbons (Fsp3) is 0.500. The predicted molar refractivity (Wildman–Crippen MR) is 86.5 cm³/mol. The van der Waals surface area contributed by atoms with E-state index in [1.54, 1.807) is 0 Å². The molecular formula is C18H23N3. The summed E-state index contributed by atoms with van der Waals surface area (Å²) in [6, 6.07) is 7.21. The smallest absolute Gasteiger partial charge is 0.0953 e. The Balaban J connectivity index is 1.82. The molecule has 1 aromatic carbocycles. The van der Waals surface area contributed by atoms with Crippen LogP contribution in [0.4, 0.5) is 5.69 Å². The lowest BCUT2D eigenvalue weighted by molar-refractivity contribution is 0.262. The zero-order chi connectivity index (χ0) is 14.4. The van der Waals surface area contributed by atoms with Gasteiger partial charge < -0.3 is 9.88 Å². The van der Waals surface area contributed by atoms with Gasteiger partial charge in [0, 0.05) is 23.8 Å². The minimum absolute atomic E-state index is 0.362. The minimum Gasteiger partial charge on any atom is -0.384 e. The van der Waals surface area contributed by atoms with Crippen LogP contribution in [-0.2, 0) is 6.42 Å². The lowest BCUT2D eigenvalue weighted by atomic mass is 9.87. The molecule has 1 saturated carbocycles. The van der Waals surface area contributed by atoms with Crippen LogP contribution in [0.1, 0.15) is 44.7 Å². The third-order valence-corrected chi connectivity index (χ3v) is 5.33. The van der Waals surface area contributed by atoms with Crippen molar-refractivity contribution >= 4 is 5.69 Å². The number of aromatic nitrogens is 2. The summed E-state index contributed by atoms with van der Waals surface area (Å²) >= 11 is 0. The van der Waals surface area contributed by atoms with Crippen LogP contribution in [0.2, 0.25) is 0 Å². The molecule has 1 aromatic heterocycles. The zero-order valence-corrected chi connectivity index (χ0v) is 12.9. The second kappa shape index (κ2) is 4.62. The standard InChI is InChI=1S/C18H23N3/c1-18(2)9-4-7-16(18)21-12-19-11-15(21)14-6-3-5-13-8-10-20-17(13)14/h3,5-6,11-12,16,20H,4,7-10H2,1-2H3. The molecule has 2 aliphatic rings. The van der Waals surface area contributed by atoms with Crippen LogP contribution in [0, 0.1) is 5.41 Å². The molecule has 110 valence electrons. The van der Waals surface area contributed by atoms with E-state index < -0.39 is 0 Å². The first-order chi connectivity index (χ1) is 10.2. The maximum atomic E-state index is 4.47. The third kappa shape index (κ3) is 1.98. The van der Waals surface area contributed by atoms with E-state index in [0.717, 1.165) is 13.0 Å². The molecule has 0 radical (unpaired) electrons. The fourth-order valence-corrected chi connectivity index (χ4v) is 4.14. The summed E-state index contributed by atoms with van der Waals surface area (Å²) in [6.45, 7) is 5.83. The predicted octanol–water partition coefficient (Wildman–Crippen LogP) is 4.27. The van der Waals surface area contributed by atoms with E-state index in [0.29, 0.717) is 11.5 Å². The van der Waals surface area contributed by atoms with E-state index >= 15 is 0 Å². The Kier molecular flexibility index (Phi) is 2.84. The summed E-state index contributed by atoms with van der Waals surface area (Å²) in [5.74, 6) is 0. The number of nitrogens with zero attached hydrogens (tertiary/aromatic N) is 2. The summed E-state index contributed by atoms with van der Waals surface area (Å²) in [5.41, 5.74) is 5.69. The maximum Gasteiger partial charge on any atom is 0.0953 e. The number of fused-ring (bicyclic) bond motifs is 1. The normalized spacial score (nSPS) is 23.0. The second-order valence-corrected chi connectivity index (χ2v) is 7.10. The van der Waals surface area contributed by atoms with Gasteiger partial charge in [0.2, 0.25) is 0 Å². The highest BCUT2D eigenvalue weighted by Crippen LogP contribution is 2.48. The molecule has 0 spiro atoms. The van der Waals surface area contributed by atoms with E-state index in [2.05, 4.69) is 46.9 Å². The highest BCUT2D eigenvalue weighted by Gasteiger charge is 2.36. The number of hydrogen-bond acceptors (Lipinski definition) is 2. The molecule has 3 nitrogen and oxygen atoms in total. The summed E-state index contributed by atoms with van der Waals surface area (Å²) in [6.07, 6.45) is 9.08. The van der Waals surface area contributed by atoms with Crippen molar-refractivity contribution in [1.29, 1.82) is 0 Å². The Hall–Kier alpha value is -1.77. The van der Waals surface area contributed by atoms with Gasteiger partial charge in [-0.1, -0.05) is 38.5 Å². The first kappa shape index (κ1) is 12.9. The lowest BCUT2D eigenvalue weighted by Gasteiger charge is -2.29. The molecule has 1 atom stereocenters. The Labute approximate surface area is 126 Å². The van der Waals surface area contributed by atoms with Gasteiger partial charge >= 0.3 is 0 Å². The van der Waals surface area contributed by atoms with Crippen molar-refractivity contribution in [1.82, 2.24) is 9.55 Å². The SMILES string of the molecule is CC1(C)CCCC1n1cncc1-c1cccc2c1NCC2. The number of benzene rings is 1. The largest absolute Gasteiger partial charge is 0.384 e. The zero-order valence-electron chi connectivity index (χ0n) is 12.9. The van der Waals surface area contributed by atoms with Crippen molar-refractivity contribution in [3.63, 3.8) is 0 Å². The molecule has 1 aliphatic heterocycles. The Morgan fingerprint density at radius 2 is 2.24 bits per heavy atom. The third-order valence-electron chi connectivity index (χ3n) is 5.33. The van der Waals surface area contributed by atoms with E-state index in [1.807, 2.05) is 12.5 Å². The Morgan fingerprint density at radius 1 is 1.33 bits per heavy atom. The summed E-state index contributed by atoms with van der Waals surface area (Å²) in [4.78, 5) is 4.47. The molecule has 21 heavy (non-hydrogen) atoms. The number of imidazole rings is 1. The van der Waals surface area contributed by atoms with Crippen molar-refractivity contribution < 1.29 is 0 Å². The van der Waals surface area contributed by atoms with Crippen LogP contribution < -0.4 is 5.32 Å². The van der Waals surface area contributed by atoms with Crippen LogP contribution in [0.15, 0.2) is 30.7 Å². The molecule has 4 rings (SSSR count). The van der Waals surface area contributed by atoms with Crippen molar-refractivity contribution in [3.8, 4) is 11.3 Å². The molecule has 1 fully saturated rings. The fourth-order valence-electron chi connectivity index (χ4n) is 4.14. The van der Waals surface area contributed by atoms with E-state index in [-0.39, 0.29) is 0 Å². The van der Waals surface area contributed by atoms with Gasteiger partial charge in [-0.15, -0.1) is 0 Å². The molecule has 0 saturated heterocycles. The molecule has 0 amide bonds. The number of nitrogens with one attached hydrogen (secondary N) is 1. The van der Waals surface area contributed by atoms with Crippen LogP contribution in [0.3, 0.4) is 0 Å². The van der Waals surface area contributed by atoms with Gasteiger partial charge in [0.25, 0.3) is 0 Å². The van der Waals surface area contributed by atoms with Gasteiger partial charge in [0.05, 0.1) is 18.2 Å². The average Bonchev–Trinajstić information content (AvgIpc) is 3.15. The van der Waals surface area contributed by atoms with Gasteiger partial charge in [0.1, 0.15) is 0 Å². The average molecular weight is 281 g/mol. The van der Waals surface area contributed by atoms with E-state index in [4.69, 9.17) is 0 Å². The van der Waals surface area contributed by atoms with Crippen molar-refractivity contribution in [3.05, 3.63) is 36.3 Å². The van der Waals surface area contributed by atoms with Gasteiger partial charge in [-0.2, -0.15) is 0 Å². The topological polar surface area (TPSA) is 29.9 Å². The molecule has 2 aromatic rings. The summed E-state index contributed by atoms with van der Waals surface area (Å²) < 4.78 is 2.42. The number of rotatable bonds is 2. The molecule has 1 aliphatic carbocycles. The van der Waals surface area contributed by atoms with E-state index in [9.17, 15) is 0 Å². The number of para-hydroxylation sites is 1. The van der Waals surface area contributed by atoms with Crippen molar-refractivity contribution in [2.24, 2.45) is 5.41 Å². The van der Waals surface area contributed by atoms with Crippen molar-refractivity contribution in [2.45, 2.75) is 45.6 Å². The monoisotopic (exact) mass is 281 g/mol. The van der Waals surface area contributed by atoms with Crippen LogP contribution in [-0.4, -0.2) is 16.1 Å². The van der Waals surface area contributed by atoms with Crippen LogP contribution in [0.25, 0.3) is 11.3 Å². The highest BCUT2D eigenvalue weighted by atomic mass is 15.1. The van der Waals surface area contributed by atoms with Gasteiger partial charge in [-0.05, 0) is 30.2 Å². The molecule has 1 unspecified atom stereocenters. The Morgan fingerprint density at radius 3 is 3.05 bits per heavy atom. The first-order valence-corrected chi connectivity index (χ1v) is 8.05. The van der Waals surface area contributed by atoms with Gasteiger partial charge in [-0.3, -0.25) is 0 Å². The van der Waals surface area contributed by atoms with Gasteiger partial charge in [0.15, 0.2) is 0 Å². The van der Waals surface area contributed by atoms with E-state index in [1.165, 1.54) is 41.8 Å². The van der Waals surface area contributed by atoms with Crippen molar-refractivity contribution in [2.75, 3.05) is 11.9 Å². The van der Waals surface area contributed by atoms with Gasteiger partial charge in [-0.25, -0.2) is 4.98 Å². The number of hydrogen-bond donors (Lipinski definition) is 1. The summed E-state index contributed by atoms with van der Waals surface area (Å²) in [5, 5.41) is 3.55. The molecule has 3 heteroatoms. The maximum absolute atomic E-state index is 4.47. The minimum atomic E-state index is 0.362. The molecule has 1 N–H and O–H groups in total. The highest BCUT2D eigenvalue weighted by molar-refractivity contribution is 5.80. The summed E-state index contributed by atoms with van der Waals surface area (Å²) in [7, 11) is 0. The molecule has 2 heterocycles. The quantitative estimate of drug-likeness (QED) is 0.891. The number of anilines is 1. The Bertz CT molecular complexity index is 669. The molecular weight excluding hydrogens is 258 g/mol. The molecule has 0 bridgehead atoms. The second-order valence-electron chi connectivity index (χ2n) is 7.10. The van der Waals surface area contributed by atoms with Crippen LogP contribution in [0.5, 0.6) is 0 Å². The van der Waals surface area contributed by atoms with Crippen LogP contribution >= 0.6 is 0 Å². The lowest BCUT2D eigenvalue weighted by Crippen LogP contribution is -2.21.